The molecule has 1 fully saturated rings. The highest BCUT2D eigenvalue weighted by molar-refractivity contribution is 7.09. The number of rotatable bonds is 6. The summed E-state index contributed by atoms with van der Waals surface area (Å²) in [5, 5.41) is 7.26. The van der Waals surface area contributed by atoms with Gasteiger partial charge in [-0.1, -0.05) is 17.3 Å². The van der Waals surface area contributed by atoms with E-state index in [9.17, 15) is 0 Å². The molecule has 1 atom stereocenters. The minimum absolute atomic E-state index is 0.124. The molecule has 0 aliphatic carbocycles. The van der Waals surface area contributed by atoms with Crippen LogP contribution in [0.2, 0.25) is 0 Å². The number of likely N-dealkylation sites (tertiary alicyclic amines) is 1. The Labute approximate surface area is 172 Å². The summed E-state index contributed by atoms with van der Waals surface area (Å²) in [6.45, 7) is 2.75. The van der Waals surface area contributed by atoms with Crippen molar-refractivity contribution in [3.05, 3.63) is 65.4 Å². The summed E-state index contributed by atoms with van der Waals surface area (Å²) >= 11 is 1.69. The maximum atomic E-state index is 6.33. The number of aromatic nitrogens is 4. The van der Waals surface area contributed by atoms with E-state index in [0.717, 1.165) is 47.9 Å². The molecule has 1 aliphatic rings. The molecule has 0 radical (unpaired) electrons. The molecule has 0 N–H and O–H groups in total. The van der Waals surface area contributed by atoms with Crippen LogP contribution in [0.3, 0.4) is 0 Å². The lowest BCUT2D eigenvalue weighted by Crippen LogP contribution is -2.24. The van der Waals surface area contributed by atoms with Crippen LogP contribution < -0.4 is 4.74 Å². The number of ether oxygens (including phenoxy) is 1. The number of para-hydroxylation sites is 1. The van der Waals surface area contributed by atoms with E-state index in [1.807, 2.05) is 48.0 Å². The van der Waals surface area contributed by atoms with Crippen molar-refractivity contribution in [3.63, 3.8) is 0 Å². The monoisotopic (exact) mass is 405 g/mol. The van der Waals surface area contributed by atoms with E-state index >= 15 is 0 Å². The molecule has 1 saturated heterocycles. The Morgan fingerprint density at radius 3 is 2.90 bits per heavy atom. The van der Waals surface area contributed by atoms with E-state index in [2.05, 4.69) is 25.0 Å². The summed E-state index contributed by atoms with van der Waals surface area (Å²) in [4.78, 5) is 15.3. The summed E-state index contributed by atoms with van der Waals surface area (Å²) in [5.41, 5.74) is 1.67. The molecule has 0 amide bonds. The van der Waals surface area contributed by atoms with Crippen molar-refractivity contribution >= 4 is 11.3 Å². The number of hydrogen-bond acceptors (Lipinski definition) is 8. The Morgan fingerprint density at radius 2 is 2.03 bits per heavy atom. The van der Waals surface area contributed by atoms with Gasteiger partial charge in [0.05, 0.1) is 12.1 Å². The topological polar surface area (TPSA) is 77.2 Å². The number of thiazole rings is 1. The first-order chi connectivity index (χ1) is 14.3. The van der Waals surface area contributed by atoms with Gasteiger partial charge in [0.1, 0.15) is 16.9 Å². The molecule has 1 aromatic carbocycles. The summed E-state index contributed by atoms with van der Waals surface area (Å²) in [5.74, 6) is 1.75. The van der Waals surface area contributed by atoms with E-state index in [4.69, 9.17) is 9.26 Å². The van der Waals surface area contributed by atoms with Crippen molar-refractivity contribution in [2.75, 3.05) is 13.1 Å². The zero-order valence-electron chi connectivity index (χ0n) is 15.6. The smallest absolute Gasteiger partial charge is 0.262 e. The second kappa shape index (κ2) is 8.10. The van der Waals surface area contributed by atoms with Crippen molar-refractivity contribution < 1.29 is 9.26 Å². The van der Waals surface area contributed by atoms with Gasteiger partial charge in [0.2, 0.25) is 5.82 Å². The third-order valence-electron chi connectivity index (χ3n) is 4.85. The lowest BCUT2D eigenvalue weighted by molar-refractivity contribution is 0.198. The third kappa shape index (κ3) is 4.03. The lowest BCUT2D eigenvalue weighted by Gasteiger charge is -2.17. The van der Waals surface area contributed by atoms with E-state index in [0.29, 0.717) is 11.7 Å². The summed E-state index contributed by atoms with van der Waals surface area (Å²) in [6.07, 6.45) is 6.37. The highest BCUT2D eigenvalue weighted by Crippen LogP contribution is 2.32. The Kier molecular flexibility index (Phi) is 5.02. The highest BCUT2D eigenvalue weighted by atomic mass is 32.1. The molecular formula is C21H19N5O2S. The van der Waals surface area contributed by atoms with Crippen molar-refractivity contribution in [1.29, 1.82) is 0 Å². The van der Waals surface area contributed by atoms with Crippen LogP contribution >= 0.6 is 11.3 Å². The average molecular weight is 405 g/mol. The van der Waals surface area contributed by atoms with Gasteiger partial charge < -0.3 is 9.26 Å². The average Bonchev–Trinajstić information content (AvgIpc) is 3.52. The molecule has 4 aromatic rings. The molecular weight excluding hydrogens is 386 g/mol. The van der Waals surface area contributed by atoms with E-state index in [1.54, 1.807) is 23.7 Å². The largest absolute Gasteiger partial charge is 0.488 e. The predicted molar refractivity (Wildman–Crippen MR) is 109 cm³/mol. The van der Waals surface area contributed by atoms with Crippen LogP contribution in [0.25, 0.3) is 22.8 Å². The van der Waals surface area contributed by atoms with Gasteiger partial charge >= 0.3 is 0 Å². The quantitative estimate of drug-likeness (QED) is 0.481. The second-order valence-electron chi connectivity index (χ2n) is 6.84. The highest BCUT2D eigenvalue weighted by Gasteiger charge is 2.26. The Hall–Kier alpha value is -3.10. The molecule has 0 spiro atoms. The summed E-state index contributed by atoms with van der Waals surface area (Å²) in [6, 6.07) is 11.5. The Balaban J connectivity index is 1.31. The van der Waals surface area contributed by atoms with E-state index < -0.39 is 0 Å². The van der Waals surface area contributed by atoms with Gasteiger partial charge in [0.15, 0.2) is 0 Å². The molecule has 5 rings (SSSR count). The van der Waals surface area contributed by atoms with Gasteiger partial charge in [-0.25, -0.2) is 4.98 Å². The normalized spacial score (nSPS) is 16.9. The lowest BCUT2D eigenvalue weighted by atomic mass is 10.2. The maximum absolute atomic E-state index is 6.33. The van der Waals surface area contributed by atoms with Gasteiger partial charge in [-0.3, -0.25) is 9.88 Å². The van der Waals surface area contributed by atoms with Crippen LogP contribution in [0.5, 0.6) is 5.75 Å². The molecule has 7 nitrogen and oxygen atoms in total. The van der Waals surface area contributed by atoms with Gasteiger partial charge in [0.25, 0.3) is 5.89 Å². The molecule has 0 bridgehead atoms. The van der Waals surface area contributed by atoms with Crippen molar-refractivity contribution in [1.82, 2.24) is 25.0 Å². The number of nitrogens with zero attached hydrogens (tertiary/aromatic N) is 5. The Bertz CT molecular complexity index is 1070. The van der Waals surface area contributed by atoms with Gasteiger partial charge in [-0.05, 0) is 30.7 Å². The third-order valence-corrected chi connectivity index (χ3v) is 5.61. The molecule has 1 aliphatic heterocycles. The van der Waals surface area contributed by atoms with Crippen molar-refractivity contribution in [2.45, 2.75) is 19.1 Å². The van der Waals surface area contributed by atoms with Crippen LogP contribution in [-0.2, 0) is 6.54 Å². The first-order valence-electron chi connectivity index (χ1n) is 9.46. The summed E-state index contributed by atoms with van der Waals surface area (Å²) < 4.78 is 11.9. The molecule has 3 aromatic heterocycles. The fourth-order valence-corrected chi connectivity index (χ4v) is 4.09. The fraction of sp³-hybridized carbons (Fsp3) is 0.238. The molecule has 0 saturated carbocycles. The first-order valence-corrected chi connectivity index (χ1v) is 10.3. The number of pyridine rings is 1. The molecule has 1 unspecified atom stereocenters. The first kappa shape index (κ1) is 18.0. The minimum Gasteiger partial charge on any atom is -0.488 e. The van der Waals surface area contributed by atoms with Gasteiger partial charge in [0, 0.05) is 42.6 Å². The summed E-state index contributed by atoms with van der Waals surface area (Å²) in [7, 11) is 0. The maximum Gasteiger partial charge on any atom is 0.262 e. The zero-order valence-corrected chi connectivity index (χ0v) is 16.5. The van der Waals surface area contributed by atoms with Crippen LogP contribution in [0.4, 0.5) is 0 Å². The standard InChI is InChI=1S/C21H19N5O2S/c1-2-4-18(27-16-7-11-26(13-16)14-19-23-10-12-29-19)17(3-1)21-24-20(25-28-21)15-5-8-22-9-6-15/h1-6,8-10,12,16H,7,11,13-14H2. The van der Waals surface area contributed by atoms with E-state index in [-0.39, 0.29) is 6.10 Å². The predicted octanol–water partition coefficient (Wildman–Crippen LogP) is 3.91. The van der Waals surface area contributed by atoms with Crippen LogP contribution in [0, 0.1) is 0 Å². The van der Waals surface area contributed by atoms with Crippen molar-refractivity contribution in [2.24, 2.45) is 0 Å². The fourth-order valence-electron chi connectivity index (χ4n) is 3.44. The van der Waals surface area contributed by atoms with Crippen molar-refractivity contribution in [3.8, 4) is 28.6 Å². The molecule has 29 heavy (non-hydrogen) atoms. The zero-order chi connectivity index (χ0) is 19.5. The van der Waals surface area contributed by atoms with Gasteiger partial charge in [-0.2, -0.15) is 4.98 Å². The molecule has 146 valence electrons. The molecule has 8 heteroatoms. The van der Waals surface area contributed by atoms with Gasteiger partial charge in [-0.15, -0.1) is 11.3 Å². The SMILES string of the molecule is c1ccc(-c2nc(-c3ccncc3)no2)c(OC2CCN(Cc3nccs3)C2)c1. The molecule has 4 heterocycles. The second-order valence-corrected chi connectivity index (χ2v) is 7.82. The van der Waals surface area contributed by atoms with E-state index in [1.165, 1.54) is 0 Å². The number of hydrogen-bond donors (Lipinski definition) is 0. The van der Waals surface area contributed by atoms with Crippen LogP contribution in [0.1, 0.15) is 11.4 Å². The van der Waals surface area contributed by atoms with Crippen LogP contribution in [0.15, 0.2) is 64.9 Å². The number of benzene rings is 1. The van der Waals surface area contributed by atoms with Crippen LogP contribution in [-0.4, -0.2) is 44.2 Å². The minimum atomic E-state index is 0.124. The Morgan fingerprint density at radius 1 is 1.14 bits per heavy atom.